The molecule has 3 rings (SSSR count). The van der Waals surface area contributed by atoms with Crippen LogP contribution in [0.1, 0.15) is 5.69 Å². The molecule has 0 aliphatic heterocycles. The van der Waals surface area contributed by atoms with E-state index in [9.17, 15) is 0 Å². The molecule has 19 heavy (non-hydrogen) atoms. The molecule has 0 saturated heterocycles. The van der Waals surface area contributed by atoms with Gasteiger partial charge in [0.25, 0.3) is 5.78 Å². The summed E-state index contributed by atoms with van der Waals surface area (Å²) in [4.78, 5) is 8.53. The topological polar surface area (TPSA) is 69.1 Å². The Morgan fingerprint density at radius 3 is 2.63 bits per heavy atom. The average Bonchev–Trinajstić information content (AvgIpc) is 2.41. The van der Waals surface area contributed by atoms with Crippen molar-refractivity contribution in [1.29, 1.82) is 0 Å². The van der Waals surface area contributed by atoms with Gasteiger partial charge in [-0.2, -0.15) is 9.50 Å². The van der Waals surface area contributed by atoms with Gasteiger partial charge in [-0.3, -0.25) is 0 Å². The number of aryl methyl sites for hydroxylation is 1. The van der Waals surface area contributed by atoms with Gasteiger partial charge in [-0.1, -0.05) is 42.5 Å². The lowest BCUT2D eigenvalue weighted by Gasteiger charge is -2.09. The van der Waals surface area contributed by atoms with Crippen molar-refractivity contribution in [2.45, 2.75) is 6.92 Å². The summed E-state index contributed by atoms with van der Waals surface area (Å²) < 4.78 is 1.89. The zero-order valence-electron chi connectivity index (χ0n) is 10.2. The molecular formula is C13H11N5S. The summed E-state index contributed by atoms with van der Waals surface area (Å²) in [7, 11) is 0. The molecule has 0 unspecified atom stereocenters. The van der Waals surface area contributed by atoms with Crippen molar-refractivity contribution in [1.82, 2.24) is 19.6 Å². The van der Waals surface area contributed by atoms with E-state index in [1.807, 2.05) is 43.3 Å². The maximum atomic E-state index is 5.74. The highest BCUT2D eigenvalue weighted by atomic mass is 32.1. The Morgan fingerprint density at radius 1 is 1.16 bits per heavy atom. The Hall–Kier alpha value is -2.34. The maximum Gasteiger partial charge on any atom is 0.252 e. The number of anilines is 1. The minimum atomic E-state index is 0.232. The van der Waals surface area contributed by atoms with Gasteiger partial charge in [-0.05, 0) is 13.0 Å². The van der Waals surface area contributed by atoms with E-state index in [4.69, 9.17) is 18.0 Å². The minimum absolute atomic E-state index is 0.232. The van der Waals surface area contributed by atoms with Crippen LogP contribution in [0.5, 0.6) is 0 Å². The molecule has 2 N–H and O–H groups in total. The molecule has 2 heterocycles. The molecule has 2 aromatic heterocycles. The number of nitrogens with zero attached hydrogens (tertiary/aromatic N) is 4. The van der Waals surface area contributed by atoms with Crippen LogP contribution in [0.15, 0.2) is 36.4 Å². The van der Waals surface area contributed by atoms with Gasteiger partial charge in [0, 0.05) is 11.3 Å². The van der Waals surface area contributed by atoms with E-state index in [1.165, 1.54) is 0 Å². The van der Waals surface area contributed by atoms with Gasteiger partial charge in [0.15, 0.2) is 10.5 Å². The molecule has 0 atom stereocenters. The van der Waals surface area contributed by atoms with Crippen molar-refractivity contribution >= 4 is 23.8 Å². The number of nitrogens with two attached hydrogens (primary N) is 1. The molecule has 0 aliphatic rings. The second-order valence-corrected chi connectivity index (χ2v) is 4.55. The highest BCUT2D eigenvalue weighted by Crippen LogP contribution is 2.20. The summed E-state index contributed by atoms with van der Waals surface area (Å²) in [6.45, 7) is 1.91. The van der Waals surface area contributed by atoms with Gasteiger partial charge < -0.3 is 5.73 Å². The lowest BCUT2D eigenvalue weighted by molar-refractivity contribution is 0.872. The van der Waals surface area contributed by atoms with Gasteiger partial charge in [0.05, 0.1) is 5.69 Å². The normalized spacial score (nSPS) is 10.8. The molecule has 0 radical (unpaired) electrons. The number of benzene rings is 1. The van der Waals surface area contributed by atoms with Crippen LogP contribution >= 0.6 is 12.2 Å². The Bertz CT molecular complexity index is 810. The van der Waals surface area contributed by atoms with Crippen molar-refractivity contribution in [2.24, 2.45) is 0 Å². The smallest absolute Gasteiger partial charge is 0.252 e. The van der Waals surface area contributed by atoms with Crippen molar-refractivity contribution in [3.63, 3.8) is 0 Å². The van der Waals surface area contributed by atoms with Crippen LogP contribution in [0.25, 0.3) is 17.0 Å². The summed E-state index contributed by atoms with van der Waals surface area (Å²) >= 11 is 5.03. The first-order chi connectivity index (χ1) is 9.15. The van der Waals surface area contributed by atoms with Gasteiger partial charge in [0.1, 0.15) is 0 Å². The second-order valence-electron chi connectivity index (χ2n) is 4.16. The van der Waals surface area contributed by atoms with Crippen molar-refractivity contribution in [2.75, 3.05) is 5.73 Å². The third-order valence-electron chi connectivity index (χ3n) is 2.74. The Kier molecular flexibility index (Phi) is 2.72. The minimum Gasteiger partial charge on any atom is -0.380 e. The largest absolute Gasteiger partial charge is 0.380 e. The van der Waals surface area contributed by atoms with E-state index >= 15 is 0 Å². The van der Waals surface area contributed by atoms with Crippen LogP contribution < -0.4 is 5.73 Å². The summed E-state index contributed by atoms with van der Waals surface area (Å²) in [6, 6.07) is 11.8. The maximum absolute atomic E-state index is 5.74. The standard InChI is InChI=1S/C13H11N5S/c1-8-7-10(9-5-3-2-4-6-9)18-13(15-8)16-12(19)11(14)17-18/h2-7H,1H3,(H2,14,17). The van der Waals surface area contributed by atoms with Crippen LogP contribution in [-0.4, -0.2) is 19.6 Å². The molecule has 0 aliphatic carbocycles. The average molecular weight is 269 g/mol. The predicted molar refractivity (Wildman–Crippen MR) is 76.2 cm³/mol. The molecule has 3 aromatic rings. The Balaban J connectivity index is 2.41. The lowest BCUT2D eigenvalue weighted by Crippen LogP contribution is -2.08. The van der Waals surface area contributed by atoms with E-state index in [2.05, 4.69) is 15.1 Å². The molecular weight excluding hydrogens is 258 g/mol. The number of aromatic nitrogens is 4. The fourth-order valence-electron chi connectivity index (χ4n) is 1.89. The monoisotopic (exact) mass is 269 g/mol. The number of rotatable bonds is 1. The SMILES string of the molecule is Cc1cc(-c2ccccc2)n2nc(N)c(=S)nc2n1. The third-order valence-corrected chi connectivity index (χ3v) is 3.04. The van der Waals surface area contributed by atoms with Gasteiger partial charge in [0.2, 0.25) is 0 Å². The highest BCUT2D eigenvalue weighted by Gasteiger charge is 2.08. The van der Waals surface area contributed by atoms with Crippen LogP contribution in [0.4, 0.5) is 5.82 Å². The van der Waals surface area contributed by atoms with E-state index in [1.54, 1.807) is 4.52 Å². The molecule has 94 valence electrons. The lowest BCUT2D eigenvalue weighted by atomic mass is 10.1. The summed E-state index contributed by atoms with van der Waals surface area (Å²) in [6.07, 6.45) is 0. The van der Waals surface area contributed by atoms with E-state index in [0.717, 1.165) is 17.0 Å². The zero-order valence-corrected chi connectivity index (χ0v) is 11.1. The summed E-state index contributed by atoms with van der Waals surface area (Å²) in [5.74, 6) is 0.688. The van der Waals surface area contributed by atoms with Gasteiger partial charge in [-0.25, -0.2) is 4.98 Å². The third kappa shape index (κ3) is 2.06. The number of nitrogen functional groups attached to an aromatic ring is 1. The van der Waals surface area contributed by atoms with E-state index < -0.39 is 0 Å². The quantitative estimate of drug-likeness (QED) is 0.687. The van der Waals surface area contributed by atoms with Crippen LogP contribution in [0.2, 0.25) is 0 Å². The van der Waals surface area contributed by atoms with E-state index in [-0.39, 0.29) is 10.5 Å². The predicted octanol–water partition coefficient (Wildman–Crippen LogP) is 2.41. The Labute approximate surface area is 114 Å². The van der Waals surface area contributed by atoms with Crippen LogP contribution in [0, 0.1) is 11.6 Å². The summed E-state index contributed by atoms with van der Waals surface area (Å²) in [5, 5.41) is 4.26. The molecule has 0 amide bonds. The second kappa shape index (κ2) is 4.40. The molecule has 6 heteroatoms. The fourth-order valence-corrected chi connectivity index (χ4v) is 2.01. The molecule has 5 nitrogen and oxygen atoms in total. The number of hydrogen-bond donors (Lipinski definition) is 1. The van der Waals surface area contributed by atoms with Crippen molar-refractivity contribution in [3.8, 4) is 11.3 Å². The van der Waals surface area contributed by atoms with E-state index in [0.29, 0.717) is 5.78 Å². The highest BCUT2D eigenvalue weighted by molar-refractivity contribution is 7.71. The molecule has 0 spiro atoms. The molecule has 1 aromatic carbocycles. The molecule has 0 fully saturated rings. The van der Waals surface area contributed by atoms with Gasteiger partial charge >= 0.3 is 0 Å². The first-order valence-corrected chi connectivity index (χ1v) is 6.15. The van der Waals surface area contributed by atoms with Crippen LogP contribution in [-0.2, 0) is 0 Å². The zero-order chi connectivity index (χ0) is 13.4. The Morgan fingerprint density at radius 2 is 1.89 bits per heavy atom. The molecule has 0 saturated carbocycles. The van der Waals surface area contributed by atoms with Crippen molar-refractivity contribution in [3.05, 3.63) is 46.7 Å². The van der Waals surface area contributed by atoms with Gasteiger partial charge in [-0.15, -0.1) is 5.10 Å². The summed E-state index contributed by atoms with van der Waals surface area (Å²) in [5.41, 5.74) is 8.51. The number of fused-ring (bicyclic) bond motifs is 1. The number of hydrogen-bond acceptors (Lipinski definition) is 5. The van der Waals surface area contributed by atoms with Crippen LogP contribution in [0.3, 0.4) is 0 Å². The van der Waals surface area contributed by atoms with Crippen molar-refractivity contribution < 1.29 is 0 Å². The fraction of sp³-hybridized carbons (Fsp3) is 0.0769. The first kappa shape index (κ1) is 11.7. The molecule has 0 bridgehead atoms. The first-order valence-electron chi connectivity index (χ1n) is 5.75.